The number of nitrogens with one attached hydrogen (secondary N) is 1. The molecule has 3 heterocycles. The Balaban J connectivity index is 2.13. The Kier molecular flexibility index (Phi) is 2.40. The van der Waals surface area contributed by atoms with E-state index < -0.39 is 0 Å². The predicted molar refractivity (Wildman–Crippen MR) is 83.6 cm³/mol. The van der Waals surface area contributed by atoms with Crippen molar-refractivity contribution in [1.29, 1.82) is 0 Å². The monoisotopic (exact) mass is 293 g/mol. The summed E-state index contributed by atoms with van der Waals surface area (Å²) in [5.41, 5.74) is 13.0. The first-order chi connectivity index (χ1) is 10.6. The number of benzene rings is 1. The maximum atomic E-state index is 12.3. The van der Waals surface area contributed by atoms with Crippen LogP contribution in [0.15, 0.2) is 41.2 Å². The van der Waals surface area contributed by atoms with E-state index in [0.29, 0.717) is 27.8 Å². The van der Waals surface area contributed by atoms with Gasteiger partial charge in [0.15, 0.2) is 11.5 Å². The maximum Gasteiger partial charge on any atom is 0.333 e. The molecule has 0 saturated heterocycles. The number of anilines is 2. The van der Waals surface area contributed by atoms with E-state index in [1.54, 1.807) is 18.2 Å². The smallest absolute Gasteiger partial charge is 0.333 e. The number of nitrogen functional groups attached to an aromatic ring is 2. The zero-order valence-electron chi connectivity index (χ0n) is 11.3. The van der Waals surface area contributed by atoms with Gasteiger partial charge < -0.3 is 11.5 Å². The standard InChI is InChI=1S/C14H11N7O/c15-10-8-6-9-11(16)21(7-4-2-1-3-5-7)14(22)18-12(9)17-13(8)20-19-10/h1-6H,16H2,(H2,15,19)(H,17,18,20,22). The molecule has 0 fully saturated rings. The largest absolute Gasteiger partial charge is 0.384 e. The third-order valence-corrected chi connectivity index (χ3v) is 3.49. The number of aromatic amines is 1. The summed E-state index contributed by atoms with van der Waals surface area (Å²) in [6, 6.07) is 10.8. The molecular weight excluding hydrogens is 282 g/mol. The summed E-state index contributed by atoms with van der Waals surface area (Å²) in [5.74, 6) is 0.557. The van der Waals surface area contributed by atoms with Crippen molar-refractivity contribution in [2.75, 3.05) is 11.5 Å². The molecule has 4 aromatic rings. The Bertz CT molecular complexity index is 1070. The van der Waals surface area contributed by atoms with Crippen LogP contribution in [0, 0.1) is 0 Å². The first-order valence-electron chi connectivity index (χ1n) is 6.53. The summed E-state index contributed by atoms with van der Waals surface area (Å²) in [7, 11) is 0. The van der Waals surface area contributed by atoms with Gasteiger partial charge in [0.25, 0.3) is 0 Å². The van der Waals surface area contributed by atoms with Crippen molar-refractivity contribution in [3.8, 4) is 5.69 Å². The van der Waals surface area contributed by atoms with Gasteiger partial charge in [0.1, 0.15) is 11.5 Å². The molecule has 0 saturated carbocycles. The number of nitrogens with two attached hydrogens (primary N) is 2. The Labute approximate surface area is 123 Å². The van der Waals surface area contributed by atoms with Gasteiger partial charge in [0, 0.05) is 0 Å². The highest BCUT2D eigenvalue weighted by molar-refractivity contribution is 5.98. The molecule has 0 radical (unpaired) electrons. The van der Waals surface area contributed by atoms with Crippen LogP contribution >= 0.6 is 0 Å². The van der Waals surface area contributed by atoms with Gasteiger partial charge in [-0.15, -0.1) is 10.2 Å². The molecule has 0 atom stereocenters. The molecule has 5 N–H and O–H groups in total. The quantitative estimate of drug-likeness (QED) is 0.476. The van der Waals surface area contributed by atoms with E-state index in [9.17, 15) is 4.79 Å². The lowest BCUT2D eigenvalue weighted by atomic mass is 10.2. The minimum atomic E-state index is -0.379. The fourth-order valence-electron chi connectivity index (χ4n) is 2.43. The SMILES string of the molecule is Nc1nnc2nc3[nH]c(=O)n(-c4ccccc4)c(N)c3cc12. The summed E-state index contributed by atoms with van der Waals surface area (Å²) >= 11 is 0. The van der Waals surface area contributed by atoms with Gasteiger partial charge in [0.05, 0.1) is 16.5 Å². The van der Waals surface area contributed by atoms with Crippen LogP contribution in [0.5, 0.6) is 0 Å². The van der Waals surface area contributed by atoms with Gasteiger partial charge in [-0.2, -0.15) is 0 Å². The van der Waals surface area contributed by atoms with Gasteiger partial charge in [-0.25, -0.2) is 14.3 Å². The summed E-state index contributed by atoms with van der Waals surface area (Å²) in [5, 5.41) is 8.81. The average molecular weight is 293 g/mol. The summed E-state index contributed by atoms with van der Waals surface area (Å²) < 4.78 is 1.38. The third kappa shape index (κ3) is 1.64. The van der Waals surface area contributed by atoms with Crippen LogP contribution in [-0.4, -0.2) is 24.7 Å². The van der Waals surface area contributed by atoms with E-state index in [0.717, 1.165) is 0 Å². The number of hydrogen-bond acceptors (Lipinski definition) is 6. The zero-order chi connectivity index (χ0) is 15.3. The lowest BCUT2D eigenvalue weighted by Crippen LogP contribution is -2.24. The fourth-order valence-corrected chi connectivity index (χ4v) is 2.43. The van der Waals surface area contributed by atoms with Crippen molar-refractivity contribution in [1.82, 2.24) is 24.7 Å². The molecular formula is C14H11N7O. The van der Waals surface area contributed by atoms with Gasteiger partial charge >= 0.3 is 5.69 Å². The molecule has 8 heteroatoms. The van der Waals surface area contributed by atoms with E-state index in [1.807, 2.05) is 18.2 Å². The zero-order valence-corrected chi connectivity index (χ0v) is 11.3. The second-order valence-electron chi connectivity index (χ2n) is 4.83. The Morgan fingerprint density at radius 1 is 1.05 bits per heavy atom. The molecule has 3 aromatic heterocycles. The summed E-state index contributed by atoms with van der Waals surface area (Å²) in [6.45, 7) is 0. The van der Waals surface area contributed by atoms with Crippen LogP contribution in [0.1, 0.15) is 0 Å². The van der Waals surface area contributed by atoms with Crippen molar-refractivity contribution in [2.24, 2.45) is 0 Å². The minimum absolute atomic E-state index is 0.278. The van der Waals surface area contributed by atoms with Crippen LogP contribution in [0.2, 0.25) is 0 Å². The topological polar surface area (TPSA) is 128 Å². The first-order valence-corrected chi connectivity index (χ1v) is 6.53. The number of para-hydroxylation sites is 1. The van der Waals surface area contributed by atoms with Crippen LogP contribution in [0.3, 0.4) is 0 Å². The lowest BCUT2D eigenvalue weighted by molar-refractivity contribution is 0.944. The third-order valence-electron chi connectivity index (χ3n) is 3.49. The van der Waals surface area contributed by atoms with Gasteiger partial charge in [0.2, 0.25) is 0 Å². The number of H-pyrrole nitrogens is 1. The number of fused-ring (bicyclic) bond motifs is 2. The second kappa shape index (κ2) is 4.29. The van der Waals surface area contributed by atoms with E-state index in [4.69, 9.17) is 11.5 Å². The molecule has 0 unspecified atom stereocenters. The molecule has 0 aliphatic heterocycles. The van der Waals surface area contributed by atoms with Crippen molar-refractivity contribution < 1.29 is 0 Å². The first kappa shape index (κ1) is 12.3. The molecule has 0 aliphatic carbocycles. The predicted octanol–water partition coefficient (Wildman–Crippen LogP) is 0.821. The highest BCUT2D eigenvalue weighted by Crippen LogP contribution is 2.25. The highest BCUT2D eigenvalue weighted by Gasteiger charge is 2.13. The number of hydrogen-bond donors (Lipinski definition) is 3. The number of aromatic nitrogens is 5. The van der Waals surface area contributed by atoms with E-state index in [2.05, 4.69) is 20.2 Å². The fraction of sp³-hybridized carbons (Fsp3) is 0. The van der Waals surface area contributed by atoms with E-state index in [-0.39, 0.29) is 17.3 Å². The number of pyridine rings is 1. The van der Waals surface area contributed by atoms with Gasteiger partial charge in [-0.05, 0) is 18.2 Å². The van der Waals surface area contributed by atoms with E-state index in [1.165, 1.54) is 4.57 Å². The molecule has 1 aromatic carbocycles. The van der Waals surface area contributed by atoms with Crippen molar-refractivity contribution in [2.45, 2.75) is 0 Å². The normalized spacial score (nSPS) is 11.3. The van der Waals surface area contributed by atoms with Crippen LogP contribution in [-0.2, 0) is 0 Å². The van der Waals surface area contributed by atoms with Crippen LogP contribution in [0.25, 0.3) is 27.8 Å². The van der Waals surface area contributed by atoms with Crippen LogP contribution < -0.4 is 17.2 Å². The molecule has 0 aliphatic rings. The van der Waals surface area contributed by atoms with Gasteiger partial charge in [-0.3, -0.25) is 4.98 Å². The maximum absolute atomic E-state index is 12.3. The Morgan fingerprint density at radius 2 is 1.82 bits per heavy atom. The Morgan fingerprint density at radius 3 is 2.59 bits per heavy atom. The van der Waals surface area contributed by atoms with Crippen molar-refractivity contribution >= 4 is 33.7 Å². The lowest BCUT2D eigenvalue weighted by Gasteiger charge is -2.11. The van der Waals surface area contributed by atoms with Gasteiger partial charge in [-0.1, -0.05) is 18.2 Å². The minimum Gasteiger partial charge on any atom is -0.384 e. The molecule has 0 amide bonds. The van der Waals surface area contributed by atoms with Crippen LogP contribution in [0.4, 0.5) is 11.6 Å². The second-order valence-corrected chi connectivity index (χ2v) is 4.83. The summed E-state index contributed by atoms with van der Waals surface area (Å²) in [6.07, 6.45) is 0. The van der Waals surface area contributed by atoms with Crippen molar-refractivity contribution in [3.05, 3.63) is 46.9 Å². The molecule has 108 valence electrons. The number of nitrogens with zero attached hydrogens (tertiary/aromatic N) is 4. The molecule has 0 bridgehead atoms. The molecule has 0 spiro atoms. The summed E-state index contributed by atoms with van der Waals surface area (Å²) in [4.78, 5) is 19.3. The average Bonchev–Trinajstić information content (AvgIpc) is 2.87. The number of rotatable bonds is 1. The van der Waals surface area contributed by atoms with E-state index >= 15 is 0 Å². The molecule has 4 rings (SSSR count). The molecule has 22 heavy (non-hydrogen) atoms. The Hall–Kier alpha value is -3.42. The van der Waals surface area contributed by atoms with Crippen molar-refractivity contribution in [3.63, 3.8) is 0 Å². The molecule has 8 nitrogen and oxygen atoms in total. The highest BCUT2D eigenvalue weighted by atomic mass is 16.1.